The van der Waals surface area contributed by atoms with Crippen molar-refractivity contribution in [1.82, 2.24) is 5.32 Å². The molecular formula is C16H16N2O2. The van der Waals surface area contributed by atoms with Gasteiger partial charge in [-0.3, -0.25) is 9.59 Å². The van der Waals surface area contributed by atoms with Gasteiger partial charge in [-0.15, -0.1) is 0 Å². The molecule has 4 nitrogen and oxygen atoms in total. The first-order chi connectivity index (χ1) is 9.66. The molecule has 0 saturated carbocycles. The van der Waals surface area contributed by atoms with Crippen LogP contribution in [0, 0.1) is 0 Å². The van der Waals surface area contributed by atoms with Crippen LogP contribution in [0.3, 0.4) is 0 Å². The third kappa shape index (κ3) is 3.68. The Kier molecular flexibility index (Phi) is 4.50. The minimum Gasteiger partial charge on any atom is -0.366 e. The molecule has 2 aromatic carbocycles. The van der Waals surface area contributed by atoms with Crippen LogP contribution in [-0.4, -0.2) is 18.4 Å². The zero-order chi connectivity index (χ0) is 14.4. The number of hydrogen-bond donors (Lipinski definition) is 2. The molecule has 3 N–H and O–H groups in total. The Morgan fingerprint density at radius 2 is 1.65 bits per heavy atom. The van der Waals surface area contributed by atoms with Crippen LogP contribution in [0.15, 0.2) is 54.6 Å². The van der Waals surface area contributed by atoms with Crippen LogP contribution in [0.25, 0.3) is 0 Å². The quantitative estimate of drug-likeness (QED) is 0.867. The number of carbonyl (C=O) groups excluding carboxylic acids is 2. The predicted octanol–water partition coefficient (Wildman–Crippen LogP) is 1.76. The van der Waals surface area contributed by atoms with Gasteiger partial charge in [0, 0.05) is 17.7 Å². The molecule has 0 aliphatic heterocycles. The Bertz CT molecular complexity index is 609. The van der Waals surface area contributed by atoms with Gasteiger partial charge in [-0.05, 0) is 30.2 Å². The molecule has 2 rings (SSSR count). The molecule has 0 fully saturated rings. The predicted molar refractivity (Wildman–Crippen MR) is 77.4 cm³/mol. The Labute approximate surface area is 117 Å². The average Bonchev–Trinajstić information content (AvgIpc) is 2.48. The number of amides is 2. The van der Waals surface area contributed by atoms with Gasteiger partial charge < -0.3 is 11.1 Å². The molecule has 0 aromatic heterocycles. The summed E-state index contributed by atoms with van der Waals surface area (Å²) in [5, 5.41) is 2.82. The van der Waals surface area contributed by atoms with Gasteiger partial charge in [0.1, 0.15) is 0 Å². The lowest BCUT2D eigenvalue weighted by Crippen LogP contribution is -2.26. The minimum atomic E-state index is -0.538. The van der Waals surface area contributed by atoms with Gasteiger partial charge in [-0.2, -0.15) is 0 Å². The van der Waals surface area contributed by atoms with Crippen molar-refractivity contribution in [3.05, 3.63) is 71.3 Å². The molecule has 4 heteroatoms. The Morgan fingerprint density at radius 3 is 2.35 bits per heavy atom. The highest BCUT2D eigenvalue weighted by molar-refractivity contribution is 5.99. The van der Waals surface area contributed by atoms with Crippen molar-refractivity contribution in [3.63, 3.8) is 0 Å². The molecule has 0 saturated heterocycles. The summed E-state index contributed by atoms with van der Waals surface area (Å²) in [7, 11) is 0. The topological polar surface area (TPSA) is 72.2 Å². The lowest BCUT2D eigenvalue weighted by atomic mass is 10.1. The van der Waals surface area contributed by atoms with Gasteiger partial charge in [0.15, 0.2) is 0 Å². The Morgan fingerprint density at radius 1 is 0.950 bits per heavy atom. The second kappa shape index (κ2) is 6.52. The van der Waals surface area contributed by atoms with Crippen molar-refractivity contribution in [3.8, 4) is 0 Å². The first-order valence-corrected chi connectivity index (χ1v) is 6.39. The van der Waals surface area contributed by atoms with E-state index in [0.717, 1.165) is 6.42 Å². The van der Waals surface area contributed by atoms with Crippen LogP contribution >= 0.6 is 0 Å². The fraction of sp³-hybridized carbons (Fsp3) is 0.125. The normalized spacial score (nSPS) is 10.0. The summed E-state index contributed by atoms with van der Waals surface area (Å²) in [5.41, 5.74) is 7.13. The van der Waals surface area contributed by atoms with Crippen molar-refractivity contribution in [2.24, 2.45) is 5.73 Å². The second-order valence-corrected chi connectivity index (χ2v) is 4.44. The van der Waals surface area contributed by atoms with Crippen molar-refractivity contribution in [2.75, 3.05) is 6.54 Å². The third-order valence-corrected chi connectivity index (χ3v) is 2.95. The molecule has 102 valence electrons. The van der Waals surface area contributed by atoms with Gasteiger partial charge in [-0.1, -0.05) is 36.4 Å². The maximum absolute atomic E-state index is 11.9. The molecular weight excluding hydrogens is 252 g/mol. The highest BCUT2D eigenvalue weighted by Gasteiger charge is 2.07. The maximum atomic E-state index is 11.9. The summed E-state index contributed by atoms with van der Waals surface area (Å²) in [5.74, 6) is -0.743. The molecule has 0 atom stereocenters. The molecule has 0 spiro atoms. The number of nitrogens with two attached hydrogens (primary N) is 1. The van der Waals surface area contributed by atoms with Crippen LogP contribution in [0.1, 0.15) is 26.3 Å². The molecule has 0 radical (unpaired) electrons. The first-order valence-electron chi connectivity index (χ1n) is 6.39. The van der Waals surface area contributed by atoms with Crippen molar-refractivity contribution >= 4 is 11.8 Å². The summed E-state index contributed by atoms with van der Waals surface area (Å²) < 4.78 is 0. The van der Waals surface area contributed by atoms with Crippen molar-refractivity contribution in [1.29, 1.82) is 0 Å². The molecule has 2 aromatic rings. The minimum absolute atomic E-state index is 0.205. The van der Waals surface area contributed by atoms with Gasteiger partial charge in [0.05, 0.1) is 0 Å². The van der Waals surface area contributed by atoms with Crippen molar-refractivity contribution < 1.29 is 9.59 Å². The average molecular weight is 268 g/mol. The van der Waals surface area contributed by atoms with E-state index in [9.17, 15) is 9.59 Å². The Hall–Kier alpha value is -2.62. The largest absolute Gasteiger partial charge is 0.366 e. The number of nitrogens with one attached hydrogen (secondary N) is 1. The lowest BCUT2D eigenvalue weighted by Gasteiger charge is -2.06. The third-order valence-electron chi connectivity index (χ3n) is 2.95. The smallest absolute Gasteiger partial charge is 0.251 e. The van der Waals surface area contributed by atoms with Crippen LogP contribution in [0.2, 0.25) is 0 Å². The molecule has 20 heavy (non-hydrogen) atoms. The molecule has 2 amide bonds. The summed E-state index contributed by atoms with van der Waals surface area (Å²) in [4.78, 5) is 23.0. The van der Waals surface area contributed by atoms with Gasteiger partial charge >= 0.3 is 0 Å². The highest BCUT2D eigenvalue weighted by atomic mass is 16.2. The highest BCUT2D eigenvalue weighted by Crippen LogP contribution is 2.05. The fourth-order valence-electron chi connectivity index (χ4n) is 1.88. The summed E-state index contributed by atoms with van der Waals surface area (Å²) >= 11 is 0. The van der Waals surface area contributed by atoms with E-state index < -0.39 is 5.91 Å². The summed E-state index contributed by atoms with van der Waals surface area (Å²) in [6.07, 6.45) is 0.766. The maximum Gasteiger partial charge on any atom is 0.251 e. The van der Waals surface area contributed by atoms with E-state index in [0.29, 0.717) is 17.7 Å². The fourth-order valence-corrected chi connectivity index (χ4v) is 1.88. The van der Waals surface area contributed by atoms with Crippen LogP contribution in [0.5, 0.6) is 0 Å². The zero-order valence-corrected chi connectivity index (χ0v) is 11.0. The molecule has 0 aliphatic rings. The molecule has 0 unspecified atom stereocenters. The van der Waals surface area contributed by atoms with E-state index in [-0.39, 0.29) is 5.91 Å². The van der Waals surface area contributed by atoms with Gasteiger partial charge in [0.25, 0.3) is 5.91 Å². The number of benzene rings is 2. The number of primary amides is 1. The standard InChI is InChI=1S/C16H16N2O2/c17-15(19)13-7-4-8-14(11-13)16(20)18-10-9-12-5-2-1-3-6-12/h1-8,11H,9-10H2,(H2,17,19)(H,18,20). The van der Waals surface area contributed by atoms with Crippen LogP contribution < -0.4 is 11.1 Å². The second-order valence-electron chi connectivity index (χ2n) is 4.44. The number of rotatable bonds is 5. The van der Waals surface area contributed by atoms with Gasteiger partial charge in [-0.25, -0.2) is 0 Å². The molecule has 0 heterocycles. The zero-order valence-electron chi connectivity index (χ0n) is 11.0. The summed E-state index contributed by atoms with van der Waals surface area (Å²) in [6.45, 7) is 0.545. The Balaban J connectivity index is 1.92. The van der Waals surface area contributed by atoms with Crippen molar-refractivity contribution in [2.45, 2.75) is 6.42 Å². The van der Waals surface area contributed by atoms with E-state index in [2.05, 4.69) is 5.32 Å². The monoisotopic (exact) mass is 268 g/mol. The van der Waals surface area contributed by atoms with E-state index in [4.69, 9.17) is 5.73 Å². The summed E-state index contributed by atoms with van der Waals surface area (Å²) in [6, 6.07) is 16.3. The van der Waals surface area contributed by atoms with E-state index in [1.807, 2.05) is 30.3 Å². The van der Waals surface area contributed by atoms with E-state index in [1.165, 1.54) is 11.6 Å². The number of carbonyl (C=O) groups is 2. The number of hydrogen-bond acceptors (Lipinski definition) is 2. The van der Waals surface area contributed by atoms with E-state index >= 15 is 0 Å². The van der Waals surface area contributed by atoms with Crippen LogP contribution in [-0.2, 0) is 6.42 Å². The van der Waals surface area contributed by atoms with Crippen LogP contribution in [0.4, 0.5) is 0 Å². The van der Waals surface area contributed by atoms with Gasteiger partial charge in [0.2, 0.25) is 5.91 Å². The molecule has 0 aliphatic carbocycles. The SMILES string of the molecule is NC(=O)c1cccc(C(=O)NCCc2ccccc2)c1. The molecule has 0 bridgehead atoms. The van der Waals surface area contributed by atoms with E-state index in [1.54, 1.807) is 18.2 Å². The first kappa shape index (κ1) is 13.8. The lowest BCUT2D eigenvalue weighted by molar-refractivity contribution is 0.0954.